The Labute approximate surface area is 314 Å². The number of nitrogens with zero attached hydrogens (tertiary/aromatic N) is 5. The third kappa shape index (κ3) is 9.48. The molecular weight excluding hydrogens is 1210 g/mol. The van der Waals surface area contributed by atoms with E-state index >= 15 is 0 Å². The molecule has 3 rings (SSSR count). The number of halogens is 2. The van der Waals surface area contributed by atoms with Gasteiger partial charge in [0.1, 0.15) is 0 Å². The normalized spacial score (nSPS) is 24.4. The number of hydrogen-bond donors (Lipinski definition) is 2. The van der Waals surface area contributed by atoms with Crippen LogP contribution in [0, 0.1) is 11.3 Å². The van der Waals surface area contributed by atoms with Crippen molar-refractivity contribution in [2.45, 2.75) is 165 Å². The molecule has 3 saturated heterocycles. The van der Waals surface area contributed by atoms with Gasteiger partial charge in [-0.05, 0) is 0 Å². The largest absolute Gasteiger partial charge is 1.00 e. The van der Waals surface area contributed by atoms with Crippen molar-refractivity contribution >= 4 is 79.8 Å². The van der Waals surface area contributed by atoms with Gasteiger partial charge in [0.05, 0.1) is 6.07 Å². The second kappa shape index (κ2) is 14.3. The molecule has 0 aromatic heterocycles. The van der Waals surface area contributed by atoms with Gasteiger partial charge >= 0.3 is 253 Å². The van der Waals surface area contributed by atoms with Crippen LogP contribution in [-0.4, -0.2) is 119 Å². The van der Waals surface area contributed by atoms with Crippen LogP contribution in [0.4, 0.5) is 0 Å². The van der Waals surface area contributed by atoms with E-state index in [1.165, 1.54) is 6.92 Å². The predicted molar refractivity (Wildman–Crippen MR) is 169 cm³/mol. The van der Waals surface area contributed by atoms with Gasteiger partial charge in [0.15, 0.2) is 0 Å². The summed E-state index contributed by atoms with van der Waals surface area (Å²) in [4.78, 5) is 0. The molecule has 3 aliphatic rings. The number of nitrogens with one attached hydrogen (secondary N) is 2. The summed E-state index contributed by atoms with van der Waals surface area (Å²) in [6.07, 6.45) is 0. The molecule has 0 bridgehead atoms. The predicted octanol–water partition coefficient (Wildman–Crippen LogP) is -1.38. The Bertz CT molecular complexity index is 823. The molecule has 3 heterocycles. The van der Waals surface area contributed by atoms with Gasteiger partial charge < -0.3 is 48.0 Å². The van der Waals surface area contributed by atoms with Crippen LogP contribution in [0.3, 0.4) is 0 Å². The molecule has 0 aliphatic carbocycles. The fraction of sp³-hybridized carbons (Fsp3) is 0.962. The molecule has 0 aromatic carbocycles. The minimum atomic E-state index is -3.46. The fourth-order valence-electron chi connectivity index (χ4n) is 4.17. The number of rotatable bonds is 2. The van der Waals surface area contributed by atoms with E-state index in [4.69, 9.17) is 8.19 Å². The standard InChI is InChI=1S/C24H56N6O2Te4.C2H3N.2HI/c1-19(2,3)25-33-27(21(7,8)9)35(28(33)22(10,11)12)31-36(32-35)29(23(13,14)15)34(26-20(4,5)6)30(36)24(16,17)18;1-2-3;;/h25-26H,1-18H3;1H3;2*1H/q+2;;;/p-2. The first-order chi connectivity index (χ1) is 17.0. The van der Waals surface area contributed by atoms with Crippen LogP contribution in [0.1, 0.15) is 132 Å². The van der Waals surface area contributed by atoms with E-state index in [0.717, 1.165) is 0 Å². The molecule has 15 heteroatoms. The number of nitriles is 1. The van der Waals surface area contributed by atoms with Gasteiger partial charge in [-0.1, -0.05) is 0 Å². The van der Waals surface area contributed by atoms with Gasteiger partial charge in [-0.2, -0.15) is 5.26 Å². The molecule has 3 aliphatic heterocycles. The summed E-state index contributed by atoms with van der Waals surface area (Å²) >= 11 is -11.1. The molecule has 0 aromatic rings. The minimum absolute atomic E-state index is 0. The van der Waals surface area contributed by atoms with Gasteiger partial charge in [-0.25, -0.2) is 0 Å². The van der Waals surface area contributed by atoms with E-state index in [0.29, 0.717) is 0 Å². The molecular formula is C26H59I2N7O2Te4. The van der Waals surface area contributed by atoms with Crippen LogP contribution < -0.4 is 55.1 Å². The molecule has 248 valence electrons. The van der Waals surface area contributed by atoms with Gasteiger partial charge in [0.2, 0.25) is 0 Å². The zero-order chi connectivity index (χ0) is 31.0. The van der Waals surface area contributed by atoms with Crippen molar-refractivity contribution in [3.8, 4) is 6.07 Å². The summed E-state index contributed by atoms with van der Waals surface area (Å²) < 4.78 is 34.7. The smallest absolute Gasteiger partial charge is 1.00 e. The molecule has 0 unspecified atom stereocenters. The van der Waals surface area contributed by atoms with E-state index < -0.39 is 79.8 Å². The summed E-state index contributed by atoms with van der Waals surface area (Å²) in [6.45, 7) is 43.4. The van der Waals surface area contributed by atoms with Crippen molar-refractivity contribution in [3.63, 3.8) is 0 Å². The average molecular weight is 1270 g/mol. The molecule has 9 nitrogen and oxygen atoms in total. The first-order valence-corrected chi connectivity index (χ1v) is 28.1. The van der Waals surface area contributed by atoms with Crippen LogP contribution in [-0.2, 0) is 2.93 Å². The Morgan fingerprint density at radius 3 is 0.805 bits per heavy atom. The zero-order valence-electron chi connectivity index (χ0n) is 28.9. The Hall–Kier alpha value is 3.79. The monoisotopic (exact) mass is 1270 g/mol. The van der Waals surface area contributed by atoms with E-state index in [9.17, 15) is 0 Å². The molecule has 0 atom stereocenters. The summed E-state index contributed by atoms with van der Waals surface area (Å²) in [5, 5.41) is 7.32. The second-order valence-corrected chi connectivity index (χ2v) is 48.8. The molecule has 2 N–H and O–H groups in total. The third-order valence-corrected chi connectivity index (χ3v) is 71.1. The van der Waals surface area contributed by atoms with Crippen LogP contribution in [0.5, 0.6) is 0 Å². The van der Waals surface area contributed by atoms with E-state index in [-0.39, 0.29) is 81.2 Å². The van der Waals surface area contributed by atoms with Crippen molar-refractivity contribution in [2.24, 2.45) is 0 Å². The summed E-state index contributed by atoms with van der Waals surface area (Å²) in [5.74, 6) is 0. The Balaban J connectivity index is 0.00000306. The minimum Gasteiger partial charge on any atom is -1.00 e. The van der Waals surface area contributed by atoms with Gasteiger partial charge in [0, 0.05) is 6.92 Å². The summed E-state index contributed by atoms with van der Waals surface area (Å²) in [7, 11) is 0. The van der Waals surface area contributed by atoms with Crippen molar-refractivity contribution < 1.29 is 50.9 Å². The van der Waals surface area contributed by atoms with Crippen molar-refractivity contribution in [1.29, 1.82) is 5.26 Å². The summed E-state index contributed by atoms with van der Waals surface area (Å²) in [6, 6.07) is 1.75. The maximum Gasteiger partial charge on any atom is -1.00 e. The van der Waals surface area contributed by atoms with Gasteiger partial charge in [-0.15, -0.1) is 0 Å². The van der Waals surface area contributed by atoms with Crippen molar-refractivity contribution in [2.75, 3.05) is 0 Å². The molecule has 41 heavy (non-hydrogen) atoms. The van der Waals surface area contributed by atoms with Crippen LogP contribution >= 0.6 is 0 Å². The molecule has 2 spiro atoms. The second-order valence-electron chi connectivity index (χ2n) is 16.2. The third-order valence-electron chi connectivity index (χ3n) is 4.81. The maximum atomic E-state index is 7.70. The maximum absolute atomic E-state index is 7.70. The first kappa shape index (κ1) is 44.8. The zero-order valence-corrected chi connectivity index (χ0v) is 42.6. The van der Waals surface area contributed by atoms with Gasteiger partial charge in [-0.3, -0.25) is 0 Å². The fourth-order valence-corrected chi connectivity index (χ4v) is 92.9. The van der Waals surface area contributed by atoms with Crippen LogP contribution in [0.15, 0.2) is 0 Å². The Morgan fingerprint density at radius 2 is 0.683 bits per heavy atom. The van der Waals surface area contributed by atoms with Crippen LogP contribution in [0.25, 0.3) is 0 Å². The van der Waals surface area contributed by atoms with E-state index in [2.05, 4.69) is 137 Å². The van der Waals surface area contributed by atoms with Crippen molar-refractivity contribution in [1.82, 2.24) is 12.7 Å². The topological polar surface area (TPSA) is 79.3 Å². The SMILES string of the molecule is CC#N.CC(C)(C)N[Te+]1N(C(C)(C)C)[Te]2(O[Te]3(O2)N(C(C)(C)C)[Te+](NC(C)(C)C)N3C(C)(C)C)N1C(C)(C)C.[I-].[I-]. The van der Waals surface area contributed by atoms with E-state index in [1.807, 2.05) is 0 Å². The first-order valence-electron chi connectivity index (χ1n) is 13.7. The average Bonchev–Trinajstić information content (AvgIpc) is 2.49. The summed E-state index contributed by atoms with van der Waals surface area (Å²) in [5.41, 5.74) is 0.141. The molecule has 0 amide bonds. The van der Waals surface area contributed by atoms with Crippen molar-refractivity contribution in [3.05, 3.63) is 0 Å². The molecule has 3 fully saturated rings. The quantitative estimate of drug-likeness (QED) is 0.258. The Morgan fingerprint density at radius 1 is 0.512 bits per heavy atom. The molecule has 0 radical (unpaired) electrons. The van der Waals surface area contributed by atoms with Gasteiger partial charge in [0.25, 0.3) is 0 Å². The molecule has 0 saturated carbocycles. The number of hydrogen-bond acceptors (Lipinski definition) is 9. The van der Waals surface area contributed by atoms with Crippen LogP contribution in [0.2, 0.25) is 0 Å². The Kier molecular flexibility index (Phi) is 15.7. The van der Waals surface area contributed by atoms with E-state index in [1.54, 1.807) is 6.07 Å².